The van der Waals surface area contributed by atoms with E-state index in [0.717, 1.165) is 69.0 Å². The summed E-state index contributed by atoms with van der Waals surface area (Å²) in [5, 5.41) is 7.94. The summed E-state index contributed by atoms with van der Waals surface area (Å²) in [4.78, 5) is 15.6. The Morgan fingerprint density at radius 1 is 1.07 bits per heavy atom. The fraction of sp³-hybridized carbons (Fsp3) is 0.545. The Morgan fingerprint density at radius 3 is 2.45 bits per heavy atom. The Morgan fingerprint density at radius 2 is 1.79 bits per heavy atom. The van der Waals surface area contributed by atoms with Gasteiger partial charge in [0.2, 0.25) is 0 Å². The Hall–Kier alpha value is -1.96. The SMILES string of the molecule is CCNC(=NCc1sc(C)nc1C)NCCN1CCN(Cc2ccccc2)CC1. The maximum Gasteiger partial charge on any atom is 0.191 e. The van der Waals surface area contributed by atoms with Crippen molar-refractivity contribution in [2.75, 3.05) is 45.8 Å². The van der Waals surface area contributed by atoms with Gasteiger partial charge >= 0.3 is 0 Å². The summed E-state index contributed by atoms with van der Waals surface area (Å²) in [6.45, 7) is 15.3. The van der Waals surface area contributed by atoms with Crippen LogP contribution in [0.4, 0.5) is 0 Å². The number of rotatable bonds is 8. The molecule has 1 aliphatic rings. The van der Waals surface area contributed by atoms with E-state index in [1.165, 1.54) is 10.4 Å². The summed E-state index contributed by atoms with van der Waals surface area (Å²) in [5.41, 5.74) is 2.50. The highest BCUT2D eigenvalue weighted by molar-refractivity contribution is 7.11. The van der Waals surface area contributed by atoms with E-state index >= 15 is 0 Å². The van der Waals surface area contributed by atoms with E-state index in [0.29, 0.717) is 6.54 Å². The zero-order valence-corrected chi connectivity index (χ0v) is 18.8. The van der Waals surface area contributed by atoms with Gasteiger partial charge in [0.25, 0.3) is 0 Å². The molecule has 2 N–H and O–H groups in total. The Bertz CT molecular complexity index is 765. The minimum absolute atomic E-state index is 0.685. The van der Waals surface area contributed by atoms with Crippen molar-refractivity contribution < 1.29 is 0 Å². The Balaban J connectivity index is 1.39. The molecule has 1 fully saturated rings. The maximum atomic E-state index is 4.74. The van der Waals surface area contributed by atoms with Gasteiger partial charge in [0, 0.05) is 57.2 Å². The number of nitrogens with one attached hydrogen (secondary N) is 2. The van der Waals surface area contributed by atoms with Crippen LogP contribution in [0, 0.1) is 13.8 Å². The predicted octanol–water partition coefficient (Wildman–Crippen LogP) is 2.63. The van der Waals surface area contributed by atoms with Gasteiger partial charge in [0.05, 0.1) is 17.2 Å². The first-order valence-electron chi connectivity index (χ1n) is 10.6. The molecule has 0 unspecified atom stereocenters. The number of aliphatic imine (C=N–C) groups is 1. The second-order valence-corrected chi connectivity index (χ2v) is 8.75. The molecule has 0 atom stereocenters. The third-order valence-electron chi connectivity index (χ3n) is 5.16. The number of aromatic nitrogens is 1. The molecule has 0 aliphatic carbocycles. The van der Waals surface area contributed by atoms with Crippen LogP contribution in [0.25, 0.3) is 0 Å². The van der Waals surface area contributed by atoms with Crippen molar-refractivity contribution in [3.63, 3.8) is 0 Å². The van der Waals surface area contributed by atoms with Gasteiger partial charge in [-0.2, -0.15) is 0 Å². The van der Waals surface area contributed by atoms with E-state index in [1.54, 1.807) is 11.3 Å². The van der Waals surface area contributed by atoms with Crippen LogP contribution in [0.3, 0.4) is 0 Å². The van der Waals surface area contributed by atoms with Crippen LogP contribution < -0.4 is 10.6 Å². The second-order valence-electron chi connectivity index (χ2n) is 7.47. The molecule has 0 bridgehead atoms. The van der Waals surface area contributed by atoms with Crippen LogP contribution in [0.1, 0.15) is 28.1 Å². The summed E-state index contributed by atoms with van der Waals surface area (Å²) in [6.07, 6.45) is 0. The molecule has 0 saturated carbocycles. The normalized spacial score (nSPS) is 16.2. The van der Waals surface area contributed by atoms with E-state index in [1.807, 2.05) is 6.92 Å². The van der Waals surface area contributed by atoms with Crippen LogP contribution in [0.2, 0.25) is 0 Å². The average molecular weight is 415 g/mol. The molecule has 2 heterocycles. The zero-order chi connectivity index (χ0) is 20.5. The largest absolute Gasteiger partial charge is 0.357 e. The van der Waals surface area contributed by atoms with Gasteiger partial charge in [-0.15, -0.1) is 11.3 Å². The van der Waals surface area contributed by atoms with Crippen molar-refractivity contribution >= 4 is 17.3 Å². The van der Waals surface area contributed by atoms with Crippen molar-refractivity contribution in [2.24, 2.45) is 4.99 Å². The summed E-state index contributed by atoms with van der Waals surface area (Å²) < 4.78 is 0. The summed E-state index contributed by atoms with van der Waals surface area (Å²) in [7, 11) is 0. The van der Waals surface area contributed by atoms with Gasteiger partial charge < -0.3 is 10.6 Å². The number of piperazine rings is 1. The van der Waals surface area contributed by atoms with Crippen molar-refractivity contribution in [2.45, 2.75) is 33.9 Å². The number of guanidine groups is 1. The molecule has 6 nitrogen and oxygen atoms in total. The van der Waals surface area contributed by atoms with Gasteiger partial charge in [-0.25, -0.2) is 9.98 Å². The number of nitrogens with zero attached hydrogens (tertiary/aromatic N) is 4. The molecule has 158 valence electrons. The van der Waals surface area contributed by atoms with E-state index < -0.39 is 0 Å². The Labute approximate surface area is 179 Å². The predicted molar refractivity (Wildman–Crippen MR) is 123 cm³/mol. The van der Waals surface area contributed by atoms with E-state index in [-0.39, 0.29) is 0 Å². The van der Waals surface area contributed by atoms with Gasteiger partial charge in [0.15, 0.2) is 5.96 Å². The quantitative estimate of drug-likeness (QED) is 0.514. The lowest BCUT2D eigenvalue weighted by atomic mass is 10.2. The lowest BCUT2D eigenvalue weighted by Gasteiger charge is -2.34. The first kappa shape index (κ1) is 21.7. The van der Waals surface area contributed by atoms with Gasteiger partial charge in [-0.1, -0.05) is 30.3 Å². The van der Waals surface area contributed by atoms with Crippen molar-refractivity contribution in [1.29, 1.82) is 0 Å². The summed E-state index contributed by atoms with van der Waals surface area (Å²) in [6, 6.07) is 10.8. The van der Waals surface area contributed by atoms with Gasteiger partial charge in [0.1, 0.15) is 0 Å². The molecule has 2 aromatic rings. The number of benzene rings is 1. The summed E-state index contributed by atoms with van der Waals surface area (Å²) >= 11 is 1.74. The van der Waals surface area contributed by atoms with Crippen LogP contribution in [-0.4, -0.2) is 66.6 Å². The maximum absolute atomic E-state index is 4.74. The van der Waals surface area contributed by atoms with Gasteiger partial charge in [-0.3, -0.25) is 9.80 Å². The van der Waals surface area contributed by atoms with Crippen LogP contribution in [0.15, 0.2) is 35.3 Å². The smallest absolute Gasteiger partial charge is 0.191 e. The molecular formula is C22H34N6S. The van der Waals surface area contributed by atoms with E-state index in [4.69, 9.17) is 4.99 Å². The molecular weight excluding hydrogens is 380 g/mol. The number of hydrogen-bond acceptors (Lipinski definition) is 5. The zero-order valence-electron chi connectivity index (χ0n) is 17.9. The van der Waals surface area contributed by atoms with Gasteiger partial charge in [-0.05, 0) is 26.3 Å². The number of hydrogen-bond donors (Lipinski definition) is 2. The van der Waals surface area contributed by atoms with Crippen molar-refractivity contribution in [1.82, 2.24) is 25.4 Å². The molecule has 0 spiro atoms. The van der Waals surface area contributed by atoms with Crippen molar-refractivity contribution in [3.8, 4) is 0 Å². The minimum Gasteiger partial charge on any atom is -0.357 e. The molecule has 1 aromatic carbocycles. The first-order valence-corrected chi connectivity index (χ1v) is 11.4. The fourth-order valence-corrected chi connectivity index (χ4v) is 4.42. The monoisotopic (exact) mass is 414 g/mol. The topological polar surface area (TPSA) is 55.8 Å². The lowest BCUT2D eigenvalue weighted by molar-refractivity contribution is 0.129. The summed E-state index contributed by atoms with van der Waals surface area (Å²) in [5.74, 6) is 0.890. The highest BCUT2D eigenvalue weighted by atomic mass is 32.1. The molecule has 1 saturated heterocycles. The third kappa shape index (κ3) is 7.10. The standard InChI is InChI=1S/C22H34N6S/c1-4-23-22(25-16-21-18(2)26-19(3)29-21)24-10-11-27-12-14-28(15-13-27)17-20-8-6-5-7-9-20/h5-9H,4,10-17H2,1-3H3,(H2,23,24,25). The highest BCUT2D eigenvalue weighted by Gasteiger charge is 2.16. The fourth-order valence-electron chi connectivity index (χ4n) is 3.56. The molecule has 3 rings (SSSR count). The molecule has 1 aromatic heterocycles. The molecule has 0 amide bonds. The molecule has 29 heavy (non-hydrogen) atoms. The molecule has 7 heteroatoms. The average Bonchev–Trinajstić information content (AvgIpc) is 3.05. The lowest BCUT2D eigenvalue weighted by Crippen LogP contribution is -2.49. The van der Waals surface area contributed by atoms with E-state index in [2.05, 4.69) is 69.6 Å². The van der Waals surface area contributed by atoms with Crippen molar-refractivity contribution in [3.05, 3.63) is 51.5 Å². The molecule has 1 aliphatic heterocycles. The highest BCUT2D eigenvalue weighted by Crippen LogP contribution is 2.17. The molecule has 0 radical (unpaired) electrons. The number of thiazole rings is 1. The Kier molecular flexibility index (Phi) is 8.46. The second kappa shape index (κ2) is 11.3. The third-order valence-corrected chi connectivity index (χ3v) is 6.22. The van der Waals surface area contributed by atoms with Crippen LogP contribution >= 0.6 is 11.3 Å². The van der Waals surface area contributed by atoms with E-state index in [9.17, 15) is 0 Å². The first-order chi connectivity index (χ1) is 14.1. The minimum atomic E-state index is 0.685. The van der Waals surface area contributed by atoms with Crippen LogP contribution in [-0.2, 0) is 13.1 Å². The number of aryl methyl sites for hydroxylation is 2. The van der Waals surface area contributed by atoms with Crippen LogP contribution in [0.5, 0.6) is 0 Å².